The Morgan fingerprint density at radius 3 is 3.17 bits per heavy atom. The average molecular weight is 396 g/mol. The number of para-hydroxylation sites is 1. The monoisotopic (exact) mass is 396 g/mol. The molecule has 4 rings (SSSR count). The van der Waals surface area contributed by atoms with E-state index in [4.69, 9.17) is 14.5 Å². The van der Waals surface area contributed by atoms with E-state index >= 15 is 0 Å². The summed E-state index contributed by atoms with van der Waals surface area (Å²) in [6.45, 7) is 5.34. The predicted octanol–water partition coefficient (Wildman–Crippen LogP) is 2.41. The van der Waals surface area contributed by atoms with E-state index in [9.17, 15) is 4.79 Å². The molecule has 29 heavy (non-hydrogen) atoms. The minimum Gasteiger partial charge on any atom is -0.493 e. The van der Waals surface area contributed by atoms with Crippen LogP contribution in [-0.2, 0) is 22.6 Å². The van der Waals surface area contributed by atoms with Crippen LogP contribution in [0.1, 0.15) is 36.1 Å². The number of fused-ring (bicyclic) bond motifs is 1. The van der Waals surface area contributed by atoms with Gasteiger partial charge in [-0.25, -0.2) is 9.97 Å². The zero-order valence-corrected chi connectivity index (χ0v) is 16.9. The molecule has 3 heterocycles. The second-order valence-electron chi connectivity index (χ2n) is 7.66. The van der Waals surface area contributed by atoms with Crippen molar-refractivity contribution in [3.63, 3.8) is 0 Å². The number of nitrogens with one attached hydrogen (secondary N) is 1. The second-order valence-corrected chi connectivity index (χ2v) is 7.66. The summed E-state index contributed by atoms with van der Waals surface area (Å²) in [5, 5.41) is 3.15. The van der Waals surface area contributed by atoms with Gasteiger partial charge in [0.25, 0.3) is 0 Å². The smallest absolute Gasteiger partial charge is 0.225 e. The third-order valence-corrected chi connectivity index (χ3v) is 5.43. The van der Waals surface area contributed by atoms with E-state index < -0.39 is 0 Å². The molecule has 1 saturated heterocycles. The molecule has 7 heteroatoms. The maximum absolute atomic E-state index is 12.4. The molecule has 1 N–H and O–H groups in total. The van der Waals surface area contributed by atoms with Crippen molar-refractivity contribution in [2.24, 2.45) is 0 Å². The minimum absolute atomic E-state index is 0.0222. The van der Waals surface area contributed by atoms with E-state index in [1.807, 2.05) is 37.4 Å². The Morgan fingerprint density at radius 2 is 2.28 bits per heavy atom. The molecule has 0 bridgehead atoms. The number of ether oxygens (including phenoxy) is 2. The Morgan fingerprint density at radius 1 is 1.38 bits per heavy atom. The summed E-state index contributed by atoms with van der Waals surface area (Å²) >= 11 is 0. The third-order valence-electron chi connectivity index (χ3n) is 5.43. The van der Waals surface area contributed by atoms with Gasteiger partial charge in [0.2, 0.25) is 11.9 Å². The maximum Gasteiger partial charge on any atom is 0.225 e. The van der Waals surface area contributed by atoms with E-state index in [2.05, 4.69) is 15.2 Å². The average Bonchev–Trinajstić information content (AvgIpc) is 2.75. The molecule has 154 valence electrons. The number of aryl methyl sites for hydroxylation is 1. The summed E-state index contributed by atoms with van der Waals surface area (Å²) in [5.74, 6) is 1.61. The van der Waals surface area contributed by atoms with Crippen LogP contribution in [0.4, 0.5) is 5.95 Å². The van der Waals surface area contributed by atoms with Gasteiger partial charge in [-0.15, -0.1) is 0 Å². The minimum atomic E-state index is 0.0222. The van der Waals surface area contributed by atoms with Crippen molar-refractivity contribution >= 4 is 11.9 Å². The molecule has 1 amide bonds. The van der Waals surface area contributed by atoms with Crippen molar-refractivity contribution in [2.45, 2.75) is 45.3 Å². The molecule has 1 unspecified atom stereocenters. The normalized spacial score (nSPS) is 18.8. The topological polar surface area (TPSA) is 76.6 Å². The lowest BCUT2D eigenvalue weighted by molar-refractivity contribution is -0.122. The lowest BCUT2D eigenvalue weighted by Gasteiger charge is -2.33. The molecule has 0 spiro atoms. The van der Waals surface area contributed by atoms with Gasteiger partial charge in [-0.1, -0.05) is 18.2 Å². The van der Waals surface area contributed by atoms with Crippen LogP contribution in [0, 0.1) is 6.92 Å². The Bertz CT molecular complexity index is 858. The van der Waals surface area contributed by atoms with Gasteiger partial charge in [0, 0.05) is 37.3 Å². The van der Waals surface area contributed by atoms with Crippen molar-refractivity contribution in [3.8, 4) is 5.75 Å². The molecule has 1 fully saturated rings. The van der Waals surface area contributed by atoms with Gasteiger partial charge in [-0.2, -0.15) is 0 Å². The first kappa shape index (κ1) is 19.6. The lowest BCUT2D eigenvalue weighted by Crippen LogP contribution is -2.48. The highest BCUT2D eigenvalue weighted by Crippen LogP contribution is 2.20. The maximum atomic E-state index is 12.4. The Hall–Kier alpha value is -2.67. The first-order valence-electron chi connectivity index (χ1n) is 10.3. The fourth-order valence-corrected chi connectivity index (χ4v) is 3.82. The van der Waals surface area contributed by atoms with Crippen LogP contribution in [0.3, 0.4) is 0 Å². The summed E-state index contributed by atoms with van der Waals surface area (Å²) in [6.07, 6.45) is 5.04. The quantitative estimate of drug-likeness (QED) is 0.808. The number of hydrogen-bond acceptors (Lipinski definition) is 6. The zero-order valence-electron chi connectivity index (χ0n) is 16.9. The van der Waals surface area contributed by atoms with Crippen molar-refractivity contribution in [3.05, 3.63) is 47.3 Å². The molecular weight excluding hydrogens is 368 g/mol. The molecular formula is C22H28N4O3. The highest BCUT2D eigenvalue weighted by atomic mass is 16.5. The number of carbonyl (C=O) groups is 1. The van der Waals surface area contributed by atoms with Crippen molar-refractivity contribution in [1.29, 1.82) is 0 Å². The van der Waals surface area contributed by atoms with Crippen LogP contribution in [0.2, 0.25) is 0 Å². The van der Waals surface area contributed by atoms with Crippen molar-refractivity contribution in [1.82, 2.24) is 15.3 Å². The molecule has 0 saturated carbocycles. The van der Waals surface area contributed by atoms with Crippen molar-refractivity contribution < 1.29 is 14.3 Å². The second kappa shape index (κ2) is 9.22. The standard InChI is InChI=1S/C22H28N4O3/c1-16-5-2-3-7-20(16)29-12-9-21(27)24-18-6-4-10-26(14-18)22-23-13-17-15-28-11-8-19(17)25-22/h2-3,5,7,13,18H,4,6,8-12,14-15H2,1H3,(H,24,27). The first-order valence-corrected chi connectivity index (χ1v) is 10.3. The van der Waals surface area contributed by atoms with E-state index in [1.165, 1.54) is 0 Å². The lowest BCUT2D eigenvalue weighted by atomic mass is 10.1. The predicted molar refractivity (Wildman–Crippen MR) is 110 cm³/mol. The molecule has 2 aliphatic heterocycles. The van der Waals surface area contributed by atoms with Gasteiger partial charge in [0.1, 0.15) is 5.75 Å². The van der Waals surface area contributed by atoms with Crippen LogP contribution >= 0.6 is 0 Å². The summed E-state index contributed by atoms with van der Waals surface area (Å²) in [4.78, 5) is 23.8. The highest BCUT2D eigenvalue weighted by Gasteiger charge is 2.24. The summed E-state index contributed by atoms with van der Waals surface area (Å²) in [5.41, 5.74) is 3.24. The fraction of sp³-hybridized carbons (Fsp3) is 0.500. The third kappa shape index (κ3) is 5.03. The van der Waals surface area contributed by atoms with Crippen LogP contribution in [0.15, 0.2) is 30.5 Å². The Balaban J connectivity index is 1.27. The summed E-state index contributed by atoms with van der Waals surface area (Å²) in [6, 6.07) is 7.95. The Kier molecular flexibility index (Phi) is 6.24. The number of benzene rings is 1. The van der Waals surface area contributed by atoms with Crippen LogP contribution in [0.5, 0.6) is 5.75 Å². The number of nitrogens with zero attached hydrogens (tertiary/aromatic N) is 3. The highest BCUT2D eigenvalue weighted by molar-refractivity contribution is 5.76. The molecule has 2 aromatic rings. The van der Waals surface area contributed by atoms with Gasteiger partial charge in [0.05, 0.1) is 31.9 Å². The number of piperidine rings is 1. The number of anilines is 1. The van der Waals surface area contributed by atoms with Crippen LogP contribution in [0.25, 0.3) is 0 Å². The number of hydrogen-bond donors (Lipinski definition) is 1. The molecule has 0 radical (unpaired) electrons. The van der Waals surface area contributed by atoms with E-state index in [1.54, 1.807) is 0 Å². The SMILES string of the molecule is Cc1ccccc1OCCC(=O)NC1CCCN(c2ncc3c(n2)CCOC3)C1. The number of aromatic nitrogens is 2. The largest absolute Gasteiger partial charge is 0.493 e. The van der Waals surface area contributed by atoms with Gasteiger partial charge >= 0.3 is 0 Å². The number of rotatable bonds is 6. The molecule has 1 aromatic heterocycles. The van der Waals surface area contributed by atoms with E-state index in [0.717, 1.165) is 60.9 Å². The summed E-state index contributed by atoms with van der Waals surface area (Å²) < 4.78 is 11.2. The van der Waals surface area contributed by atoms with Crippen molar-refractivity contribution in [2.75, 3.05) is 31.2 Å². The fourth-order valence-electron chi connectivity index (χ4n) is 3.82. The number of carbonyl (C=O) groups excluding carboxylic acids is 1. The Labute approximate surface area is 171 Å². The number of amides is 1. The van der Waals surface area contributed by atoms with Gasteiger partial charge in [-0.3, -0.25) is 4.79 Å². The summed E-state index contributed by atoms with van der Waals surface area (Å²) in [7, 11) is 0. The molecule has 1 aromatic carbocycles. The molecule has 7 nitrogen and oxygen atoms in total. The first-order chi connectivity index (χ1) is 14.2. The molecule has 2 aliphatic rings. The zero-order chi connectivity index (χ0) is 20.1. The van der Waals surface area contributed by atoms with E-state index in [0.29, 0.717) is 26.2 Å². The molecule has 1 atom stereocenters. The van der Waals surface area contributed by atoms with Gasteiger partial charge < -0.3 is 19.7 Å². The molecule has 0 aliphatic carbocycles. The van der Waals surface area contributed by atoms with Gasteiger partial charge in [0.15, 0.2) is 0 Å². The van der Waals surface area contributed by atoms with E-state index in [-0.39, 0.29) is 11.9 Å². The van der Waals surface area contributed by atoms with Crippen LogP contribution < -0.4 is 15.0 Å². The van der Waals surface area contributed by atoms with Gasteiger partial charge in [-0.05, 0) is 31.4 Å². The van der Waals surface area contributed by atoms with Crippen LogP contribution in [-0.4, -0.2) is 48.2 Å².